The smallest absolute Gasteiger partial charge is 0.323 e. The molecule has 1 aromatic carbocycles. The first-order valence-electron chi connectivity index (χ1n) is 7.13. The summed E-state index contributed by atoms with van der Waals surface area (Å²) in [6.07, 6.45) is 2.94. The van der Waals surface area contributed by atoms with Gasteiger partial charge in [-0.2, -0.15) is 0 Å². The Hall–Kier alpha value is -2.63. The van der Waals surface area contributed by atoms with Gasteiger partial charge in [0.2, 0.25) is 5.91 Å². The third kappa shape index (κ3) is 2.36. The fourth-order valence-corrected chi connectivity index (χ4v) is 2.93. The number of nitrogens with zero attached hydrogens (tertiary/aromatic N) is 2. The van der Waals surface area contributed by atoms with Crippen LogP contribution in [0.5, 0.6) is 0 Å². The van der Waals surface area contributed by atoms with Gasteiger partial charge < -0.3 is 14.6 Å². The lowest BCUT2D eigenvalue weighted by Crippen LogP contribution is -2.23. The van der Waals surface area contributed by atoms with E-state index in [4.69, 9.17) is 5.11 Å². The lowest BCUT2D eigenvalue weighted by molar-refractivity contribution is -0.137. The third-order valence-corrected chi connectivity index (χ3v) is 3.93. The van der Waals surface area contributed by atoms with Gasteiger partial charge >= 0.3 is 5.97 Å². The largest absolute Gasteiger partial charge is 0.480 e. The number of carbonyl (C=O) groups is 3. The molecule has 114 valence electrons. The van der Waals surface area contributed by atoms with E-state index in [0.717, 1.165) is 12.1 Å². The van der Waals surface area contributed by atoms with Gasteiger partial charge in [0.15, 0.2) is 5.78 Å². The minimum atomic E-state index is -0.967. The van der Waals surface area contributed by atoms with Crippen LogP contribution >= 0.6 is 0 Å². The molecule has 0 atom stereocenters. The second kappa shape index (κ2) is 5.29. The molecule has 0 unspecified atom stereocenters. The van der Waals surface area contributed by atoms with E-state index < -0.39 is 5.97 Å². The van der Waals surface area contributed by atoms with E-state index in [-0.39, 0.29) is 18.2 Å². The molecule has 0 aliphatic carbocycles. The number of aliphatic carboxylic acids is 1. The van der Waals surface area contributed by atoms with Gasteiger partial charge in [-0.05, 0) is 31.5 Å². The average molecular weight is 300 g/mol. The molecule has 1 aromatic heterocycles. The van der Waals surface area contributed by atoms with Gasteiger partial charge in [0.25, 0.3) is 0 Å². The highest BCUT2D eigenvalue weighted by atomic mass is 16.4. The number of hydrogen-bond donors (Lipinski definition) is 1. The van der Waals surface area contributed by atoms with Crippen molar-refractivity contribution < 1.29 is 19.5 Å². The van der Waals surface area contributed by atoms with Crippen LogP contribution < -0.4 is 4.90 Å². The lowest BCUT2D eigenvalue weighted by Gasteiger charge is -2.16. The van der Waals surface area contributed by atoms with Crippen molar-refractivity contribution in [1.82, 2.24) is 4.57 Å². The Bertz CT molecular complexity index is 791. The zero-order valence-electron chi connectivity index (χ0n) is 12.2. The number of benzene rings is 1. The highest BCUT2D eigenvalue weighted by molar-refractivity contribution is 6.08. The maximum Gasteiger partial charge on any atom is 0.323 e. The van der Waals surface area contributed by atoms with E-state index in [1.54, 1.807) is 33.9 Å². The molecule has 3 rings (SSSR count). The predicted molar refractivity (Wildman–Crippen MR) is 81.2 cm³/mol. The van der Waals surface area contributed by atoms with Gasteiger partial charge in [0.1, 0.15) is 6.54 Å². The van der Waals surface area contributed by atoms with Gasteiger partial charge in [-0.15, -0.1) is 0 Å². The van der Waals surface area contributed by atoms with E-state index >= 15 is 0 Å². The van der Waals surface area contributed by atoms with Crippen molar-refractivity contribution in [2.75, 3.05) is 11.4 Å². The van der Waals surface area contributed by atoms with Crippen LogP contribution in [0.1, 0.15) is 30.1 Å². The molecule has 2 aromatic rings. The van der Waals surface area contributed by atoms with E-state index in [2.05, 4.69) is 0 Å². The first-order valence-corrected chi connectivity index (χ1v) is 7.13. The van der Waals surface area contributed by atoms with Crippen molar-refractivity contribution in [2.24, 2.45) is 0 Å². The summed E-state index contributed by atoms with van der Waals surface area (Å²) in [5.41, 5.74) is 1.92. The molecular weight excluding hydrogens is 284 g/mol. The fraction of sp³-hybridized carbons (Fsp3) is 0.312. The molecule has 0 bridgehead atoms. The summed E-state index contributed by atoms with van der Waals surface area (Å²) in [5.74, 6) is -1.02. The minimum absolute atomic E-state index is 0.0775. The zero-order valence-corrected chi connectivity index (χ0v) is 12.2. The van der Waals surface area contributed by atoms with E-state index in [1.807, 2.05) is 0 Å². The van der Waals surface area contributed by atoms with E-state index in [9.17, 15) is 14.4 Å². The Kier molecular flexibility index (Phi) is 3.44. The van der Waals surface area contributed by atoms with Gasteiger partial charge in [0, 0.05) is 41.3 Å². The van der Waals surface area contributed by atoms with Gasteiger partial charge in [-0.1, -0.05) is 0 Å². The van der Waals surface area contributed by atoms with E-state index in [1.165, 1.54) is 6.92 Å². The van der Waals surface area contributed by atoms with Gasteiger partial charge in [-0.25, -0.2) is 0 Å². The number of anilines is 1. The maximum atomic E-state index is 11.9. The first kappa shape index (κ1) is 14.3. The molecule has 1 saturated heterocycles. The summed E-state index contributed by atoms with van der Waals surface area (Å²) in [6, 6.07) is 5.37. The number of hydrogen-bond acceptors (Lipinski definition) is 3. The quantitative estimate of drug-likeness (QED) is 0.876. The number of carbonyl (C=O) groups excluding carboxylic acids is 2. The predicted octanol–water partition coefficient (Wildman–Crippen LogP) is 2.06. The molecular formula is C16H16N2O4. The Labute approximate surface area is 126 Å². The van der Waals surface area contributed by atoms with Gasteiger partial charge in [-0.3, -0.25) is 14.4 Å². The highest BCUT2D eigenvalue weighted by Crippen LogP contribution is 2.29. The number of carboxylic acid groups (broad SMARTS) is 1. The molecule has 0 saturated carbocycles. The Balaban J connectivity index is 2.13. The maximum absolute atomic E-state index is 11.9. The summed E-state index contributed by atoms with van der Waals surface area (Å²) in [5, 5.41) is 9.66. The number of ketones is 1. The van der Waals surface area contributed by atoms with Crippen LogP contribution in [-0.2, 0) is 16.1 Å². The van der Waals surface area contributed by atoms with Crippen LogP contribution in [0.3, 0.4) is 0 Å². The van der Waals surface area contributed by atoms with Crippen molar-refractivity contribution in [1.29, 1.82) is 0 Å². The lowest BCUT2D eigenvalue weighted by atomic mass is 10.1. The number of fused-ring (bicyclic) bond motifs is 1. The van der Waals surface area contributed by atoms with Gasteiger partial charge in [0.05, 0.1) is 0 Å². The standard InChI is InChI=1S/C16H16N2O4/c1-10(19)13-8-17(9-16(21)22)14-5-4-11(7-12(13)14)18-6-2-3-15(18)20/h4-5,7-8H,2-3,6,9H2,1H3,(H,21,22). The Morgan fingerprint density at radius 2 is 2.09 bits per heavy atom. The first-order chi connectivity index (χ1) is 10.5. The second-order valence-corrected chi connectivity index (χ2v) is 5.47. The van der Waals surface area contributed by atoms with E-state index in [0.29, 0.717) is 29.4 Å². The van der Waals surface area contributed by atoms with Crippen molar-refractivity contribution in [2.45, 2.75) is 26.3 Å². The topological polar surface area (TPSA) is 79.6 Å². The second-order valence-electron chi connectivity index (χ2n) is 5.47. The minimum Gasteiger partial charge on any atom is -0.480 e. The Morgan fingerprint density at radius 3 is 2.68 bits per heavy atom. The van der Waals surface area contributed by atoms with Crippen LogP contribution in [0.15, 0.2) is 24.4 Å². The average Bonchev–Trinajstić information content (AvgIpc) is 3.02. The Morgan fingerprint density at radius 1 is 1.32 bits per heavy atom. The SMILES string of the molecule is CC(=O)c1cn(CC(=O)O)c2ccc(N3CCCC3=O)cc12. The molecule has 1 aliphatic rings. The third-order valence-electron chi connectivity index (χ3n) is 3.93. The molecule has 0 radical (unpaired) electrons. The van der Waals surface area contributed by atoms with Crippen LogP contribution in [0.2, 0.25) is 0 Å². The summed E-state index contributed by atoms with van der Waals surface area (Å²) >= 11 is 0. The molecule has 1 N–H and O–H groups in total. The molecule has 2 heterocycles. The molecule has 1 amide bonds. The monoisotopic (exact) mass is 300 g/mol. The van der Waals surface area contributed by atoms with Crippen molar-refractivity contribution in [3.8, 4) is 0 Å². The number of Topliss-reactive ketones (excluding diaryl/α,β-unsaturated/α-hetero) is 1. The summed E-state index contributed by atoms with van der Waals surface area (Å²) in [4.78, 5) is 36.3. The summed E-state index contributed by atoms with van der Waals surface area (Å²) in [7, 11) is 0. The molecule has 1 aliphatic heterocycles. The number of carboxylic acids is 1. The summed E-state index contributed by atoms with van der Waals surface area (Å²) in [6.45, 7) is 1.93. The van der Waals surface area contributed by atoms with Crippen molar-refractivity contribution in [3.05, 3.63) is 30.0 Å². The molecule has 6 heteroatoms. The van der Waals surface area contributed by atoms with Crippen LogP contribution in [0, 0.1) is 0 Å². The zero-order chi connectivity index (χ0) is 15.9. The molecule has 1 fully saturated rings. The molecule has 6 nitrogen and oxygen atoms in total. The fourth-order valence-electron chi connectivity index (χ4n) is 2.93. The summed E-state index contributed by atoms with van der Waals surface area (Å²) < 4.78 is 1.55. The van der Waals surface area contributed by atoms with Crippen molar-refractivity contribution >= 4 is 34.3 Å². The molecule has 22 heavy (non-hydrogen) atoms. The normalized spacial score (nSPS) is 14.8. The number of rotatable bonds is 4. The highest BCUT2D eigenvalue weighted by Gasteiger charge is 2.23. The van der Waals surface area contributed by atoms with Crippen LogP contribution in [-0.4, -0.2) is 33.9 Å². The number of amides is 1. The van der Waals surface area contributed by atoms with Crippen LogP contribution in [0.4, 0.5) is 5.69 Å². The molecule has 0 spiro atoms. The van der Waals surface area contributed by atoms with Crippen LogP contribution in [0.25, 0.3) is 10.9 Å². The number of aromatic nitrogens is 1. The van der Waals surface area contributed by atoms with Crippen molar-refractivity contribution in [3.63, 3.8) is 0 Å².